The maximum atomic E-state index is 9.02. The quantitative estimate of drug-likeness (QED) is 0.749. The Morgan fingerprint density at radius 1 is 1.71 bits per heavy atom. The fraction of sp³-hybridized carbons (Fsp3) is 0.700. The number of aromatic nitrogens is 2. The normalized spacial score (nSPS) is 21.6. The van der Waals surface area contributed by atoms with Gasteiger partial charge in [-0.2, -0.15) is 0 Å². The van der Waals surface area contributed by atoms with Crippen molar-refractivity contribution in [2.24, 2.45) is 5.73 Å². The van der Waals surface area contributed by atoms with Crippen molar-refractivity contribution >= 4 is 0 Å². The summed E-state index contributed by atoms with van der Waals surface area (Å²) in [5.74, 6) is 0. The van der Waals surface area contributed by atoms with Gasteiger partial charge in [-0.15, -0.1) is 0 Å². The number of aliphatic hydroxyl groups is 1. The minimum absolute atomic E-state index is 0.0260. The van der Waals surface area contributed by atoms with Crippen LogP contribution in [0.15, 0.2) is 12.5 Å². The van der Waals surface area contributed by atoms with Crippen molar-refractivity contribution in [1.29, 1.82) is 0 Å². The SMILES string of the molecule is CC1(n2cncc2C(N)CO)CCC1. The van der Waals surface area contributed by atoms with E-state index in [0.29, 0.717) is 0 Å². The molecule has 0 radical (unpaired) electrons. The van der Waals surface area contributed by atoms with E-state index in [0.717, 1.165) is 5.69 Å². The van der Waals surface area contributed by atoms with Crippen LogP contribution in [-0.2, 0) is 5.54 Å². The van der Waals surface area contributed by atoms with Gasteiger partial charge in [-0.3, -0.25) is 0 Å². The maximum absolute atomic E-state index is 9.02. The lowest BCUT2D eigenvalue weighted by molar-refractivity contribution is 0.157. The molecule has 1 fully saturated rings. The van der Waals surface area contributed by atoms with Gasteiger partial charge in [-0.05, 0) is 26.2 Å². The predicted molar refractivity (Wildman–Crippen MR) is 53.7 cm³/mol. The topological polar surface area (TPSA) is 64.1 Å². The largest absolute Gasteiger partial charge is 0.394 e. The zero-order valence-corrected chi connectivity index (χ0v) is 8.48. The molecule has 3 N–H and O–H groups in total. The molecular weight excluding hydrogens is 178 g/mol. The first-order valence-electron chi connectivity index (χ1n) is 5.06. The highest BCUT2D eigenvalue weighted by Gasteiger charge is 2.35. The van der Waals surface area contributed by atoms with Crippen LogP contribution in [0.4, 0.5) is 0 Å². The van der Waals surface area contributed by atoms with Crippen molar-refractivity contribution in [2.45, 2.75) is 37.8 Å². The number of hydrogen-bond acceptors (Lipinski definition) is 3. The van der Waals surface area contributed by atoms with Crippen molar-refractivity contribution in [3.8, 4) is 0 Å². The van der Waals surface area contributed by atoms with Crippen molar-refractivity contribution < 1.29 is 5.11 Å². The van der Waals surface area contributed by atoms with Gasteiger partial charge >= 0.3 is 0 Å². The van der Waals surface area contributed by atoms with Crippen LogP contribution in [0.3, 0.4) is 0 Å². The van der Waals surface area contributed by atoms with E-state index in [4.69, 9.17) is 10.8 Å². The zero-order chi connectivity index (χ0) is 10.2. The summed E-state index contributed by atoms with van der Waals surface area (Å²) in [6.07, 6.45) is 7.19. The van der Waals surface area contributed by atoms with Gasteiger partial charge in [0.1, 0.15) is 0 Å². The molecule has 4 heteroatoms. The van der Waals surface area contributed by atoms with E-state index in [-0.39, 0.29) is 18.2 Å². The lowest BCUT2D eigenvalue weighted by Gasteiger charge is -2.41. The number of imidazole rings is 1. The average Bonchev–Trinajstić information content (AvgIpc) is 2.61. The third kappa shape index (κ3) is 1.35. The van der Waals surface area contributed by atoms with Crippen molar-refractivity contribution in [3.63, 3.8) is 0 Å². The summed E-state index contributed by atoms with van der Waals surface area (Å²) in [6.45, 7) is 2.19. The van der Waals surface area contributed by atoms with E-state index in [1.165, 1.54) is 19.3 Å². The summed E-state index contributed by atoms with van der Waals surface area (Å²) in [5, 5.41) is 9.02. The third-order valence-electron chi connectivity index (χ3n) is 3.26. The molecule has 0 bridgehead atoms. The van der Waals surface area contributed by atoms with Crippen LogP contribution in [0.25, 0.3) is 0 Å². The standard InChI is InChI=1S/C10H17N3O/c1-10(3-2-4-10)13-7-12-5-9(13)8(11)6-14/h5,7-8,14H,2-4,6,11H2,1H3. The summed E-state index contributed by atoms with van der Waals surface area (Å²) >= 11 is 0. The lowest BCUT2D eigenvalue weighted by Crippen LogP contribution is -2.39. The Morgan fingerprint density at radius 3 is 2.93 bits per heavy atom. The molecule has 1 aliphatic carbocycles. The molecule has 1 atom stereocenters. The highest BCUT2D eigenvalue weighted by atomic mass is 16.3. The predicted octanol–water partition coefficient (Wildman–Crippen LogP) is 0.774. The highest BCUT2D eigenvalue weighted by molar-refractivity contribution is 5.10. The number of nitrogens with zero attached hydrogens (tertiary/aromatic N) is 2. The second-order valence-electron chi connectivity index (χ2n) is 4.33. The van der Waals surface area contributed by atoms with Gasteiger partial charge < -0.3 is 15.4 Å². The fourth-order valence-corrected chi connectivity index (χ4v) is 2.05. The summed E-state index contributed by atoms with van der Waals surface area (Å²) in [5.41, 5.74) is 6.92. The van der Waals surface area contributed by atoms with Gasteiger partial charge in [0, 0.05) is 11.7 Å². The summed E-state index contributed by atoms with van der Waals surface area (Å²) < 4.78 is 2.12. The Hall–Kier alpha value is -0.870. The van der Waals surface area contributed by atoms with Crippen LogP contribution in [0, 0.1) is 0 Å². The van der Waals surface area contributed by atoms with Gasteiger partial charge in [0.15, 0.2) is 0 Å². The Bertz CT molecular complexity index is 317. The van der Waals surface area contributed by atoms with Gasteiger partial charge in [-0.25, -0.2) is 4.98 Å². The highest BCUT2D eigenvalue weighted by Crippen LogP contribution is 2.39. The van der Waals surface area contributed by atoms with Gasteiger partial charge in [-0.1, -0.05) is 0 Å². The summed E-state index contributed by atoms with van der Waals surface area (Å²) in [6, 6.07) is -0.310. The molecule has 2 rings (SSSR count). The number of hydrogen-bond donors (Lipinski definition) is 2. The van der Waals surface area contributed by atoms with Crippen LogP contribution in [0.2, 0.25) is 0 Å². The second-order valence-corrected chi connectivity index (χ2v) is 4.33. The van der Waals surface area contributed by atoms with Crippen LogP contribution in [0.1, 0.15) is 37.9 Å². The maximum Gasteiger partial charge on any atom is 0.0953 e. The number of aliphatic hydroxyl groups excluding tert-OH is 1. The van der Waals surface area contributed by atoms with E-state index >= 15 is 0 Å². The van der Waals surface area contributed by atoms with Crippen LogP contribution < -0.4 is 5.73 Å². The molecule has 14 heavy (non-hydrogen) atoms. The number of nitrogens with two attached hydrogens (primary N) is 1. The van der Waals surface area contributed by atoms with Gasteiger partial charge in [0.2, 0.25) is 0 Å². The van der Waals surface area contributed by atoms with E-state index in [1.807, 2.05) is 6.33 Å². The molecule has 0 aliphatic heterocycles. The molecule has 1 heterocycles. The second kappa shape index (κ2) is 3.37. The van der Waals surface area contributed by atoms with Crippen LogP contribution in [0.5, 0.6) is 0 Å². The molecular formula is C10H17N3O. The molecule has 0 amide bonds. The molecule has 78 valence electrons. The lowest BCUT2D eigenvalue weighted by atomic mass is 9.78. The Kier molecular flexibility index (Phi) is 2.33. The van der Waals surface area contributed by atoms with Crippen LogP contribution >= 0.6 is 0 Å². The Morgan fingerprint density at radius 2 is 2.43 bits per heavy atom. The van der Waals surface area contributed by atoms with E-state index in [2.05, 4.69) is 16.5 Å². The van der Waals surface area contributed by atoms with E-state index in [9.17, 15) is 0 Å². The first-order chi connectivity index (χ1) is 6.67. The number of rotatable bonds is 3. The molecule has 4 nitrogen and oxygen atoms in total. The van der Waals surface area contributed by atoms with Gasteiger partial charge in [0.05, 0.1) is 24.7 Å². The Labute approximate surface area is 83.8 Å². The van der Waals surface area contributed by atoms with Crippen molar-refractivity contribution in [2.75, 3.05) is 6.61 Å². The minimum atomic E-state index is -0.310. The fourth-order valence-electron chi connectivity index (χ4n) is 2.05. The molecule has 0 saturated heterocycles. The smallest absolute Gasteiger partial charge is 0.0953 e. The first-order valence-corrected chi connectivity index (χ1v) is 5.06. The van der Waals surface area contributed by atoms with Gasteiger partial charge in [0.25, 0.3) is 0 Å². The first kappa shape index (κ1) is 9.68. The monoisotopic (exact) mass is 195 g/mol. The molecule has 1 aliphatic rings. The Balaban J connectivity index is 2.29. The van der Waals surface area contributed by atoms with E-state index in [1.54, 1.807) is 6.20 Å². The molecule has 1 aromatic heterocycles. The molecule has 0 spiro atoms. The summed E-state index contributed by atoms with van der Waals surface area (Å²) in [7, 11) is 0. The molecule has 0 aromatic carbocycles. The van der Waals surface area contributed by atoms with Crippen molar-refractivity contribution in [3.05, 3.63) is 18.2 Å². The van der Waals surface area contributed by atoms with Crippen LogP contribution in [-0.4, -0.2) is 21.3 Å². The third-order valence-corrected chi connectivity index (χ3v) is 3.26. The van der Waals surface area contributed by atoms with E-state index < -0.39 is 0 Å². The molecule has 1 unspecified atom stereocenters. The zero-order valence-electron chi connectivity index (χ0n) is 8.48. The minimum Gasteiger partial charge on any atom is -0.394 e. The summed E-state index contributed by atoms with van der Waals surface area (Å²) in [4.78, 5) is 4.11. The molecule has 1 aromatic rings. The molecule has 1 saturated carbocycles. The average molecular weight is 195 g/mol. The van der Waals surface area contributed by atoms with Crippen molar-refractivity contribution in [1.82, 2.24) is 9.55 Å².